The number of benzene rings is 2. The van der Waals surface area contributed by atoms with Crippen LogP contribution in [0.1, 0.15) is 68.0 Å². The van der Waals surface area contributed by atoms with Crippen molar-refractivity contribution < 1.29 is 23.9 Å². The number of primary amides is 1. The molecule has 0 aliphatic carbocycles. The average Bonchev–Trinajstić information content (AvgIpc) is 2.78. The standard InChI is InChI=1S/C29H40N4O5/c1-9-33(27(36)22(16-23(30)34)31-28(37)38-29(6,7)8)25(21-14-13-17(2)15-20(21)5)26(35)32-24-18(3)11-10-12-19(24)4/h10-15,22,25H,9,16H2,1-8H3,(H2,30,34)(H,31,37)(H,32,35). The Balaban J connectivity index is 2.55. The number of hydrogen-bond donors (Lipinski definition) is 3. The third-order valence-corrected chi connectivity index (χ3v) is 6.03. The Kier molecular flexibility index (Phi) is 10.0. The highest BCUT2D eigenvalue weighted by molar-refractivity contribution is 6.00. The minimum Gasteiger partial charge on any atom is -0.444 e. The molecule has 9 nitrogen and oxygen atoms in total. The number of carbonyl (C=O) groups excluding carboxylic acids is 4. The first kappa shape index (κ1) is 30.3. The number of hydrogen-bond acceptors (Lipinski definition) is 5. The minimum atomic E-state index is -1.32. The Morgan fingerprint density at radius 2 is 1.58 bits per heavy atom. The van der Waals surface area contributed by atoms with Crippen molar-refractivity contribution in [1.29, 1.82) is 0 Å². The summed E-state index contributed by atoms with van der Waals surface area (Å²) in [6, 6.07) is 8.97. The largest absolute Gasteiger partial charge is 0.444 e. The van der Waals surface area contributed by atoms with Crippen LogP contribution in [0, 0.1) is 27.7 Å². The molecule has 0 aromatic heterocycles. The molecule has 0 aliphatic rings. The van der Waals surface area contributed by atoms with Gasteiger partial charge in [-0.3, -0.25) is 14.4 Å². The molecule has 0 saturated heterocycles. The van der Waals surface area contributed by atoms with E-state index in [1.165, 1.54) is 4.90 Å². The molecule has 206 valence electrons. The van der Waals surface area contributed by atoms with E-state index < -0.39 is 47.9 Å². The lowest BCUT2D eigenvalue weighted by Gasteiger charge is -2.34. The number of alkyl carbamates (subject to hydrolysis) is 1. The molecule has 2 aromatic rings. The molecule has 2 unspecified atom stereocenters. The van der Waals surface area contributed by atoms with Crippen molar-refractivity contribution in [1.82, 2.24) is 10.2 Å². The van der Waals surface area contributed by atoms with Crippen molar-refractivity contribution in [2.75, 3.05) is 11.9 Å². The van der Waals surface area contributed by atoms with Crippen LogP contribution in [0.4, 0.5) is 10.5 Å². The molecule has 0 radical (unpaired) electrons. The third-order valence-electron chi connectivity index (χ3n) is 6.03. The van der Waals surface area contributed by atoms with Crippen LogP contribution < -0.4 is 16.4 Å². The highest BCUT2D eigenvalue weighted by Crippen LogP contribution is 2.29. The van der Waals surface area contributed by atoms with Gasteiger partial charge in [-0.15, -0.1) is 0 Å². The summed E-state index contributed by atoms with van der Waals surface area (Å²) in [6.07, 6.45) is -1.32. The van der Waals surface area contributed by atoms with Gasteiger partial charge in [0, 0.05) is 12.2 Å². The van der Waals surface area contributed by atoms with E-state index in [9.17, 15) is 19.2 Å². The van der Waals surface area contributed by atoms with Crippen LogP contribution in [0.3, 0.4) is 0 Å². The van der Waals surface area contributed by atoms with E-state index in [0.717, 1.165) is 22.3 Å². The van der Waals surface area contributed by atoms with Crippen LogP contribution in [-0.2, 0) is 19.1 Å². The van der Waals surface area contributed by atoms with Crippen molar-refractivity contribution in [3.05, 3.63) is 64.2 Å². The summed E-state index contributed by atoms with van der Waals surface area (Å²) in [5.41, 5.74) is 9.48. The predicted molar refractivity (Wildman–Crippen MR) is 148 cm³/mol. The van der Waals surface area contributed by atoms with Gasteiger partial charge in [-0.25, -0.2) is 4.79 Å². The van der Waals surface area contributed by atoms with Crippen LogP contribution in [0.5, 0.6) is 0 Å². The lowest BCUT2D eigenvalue weighted by Crippen LogP contribution is -2.53. The molecule has 2 rings (SSSR count). The van der Waals surface area contributed by atoms with Crippen LogP contribution >= 0.6 is 0 Å². The van der Waals surface area contributed by atoms with Crippen LogP contribution in [0.15, 0.2) is 36.4 Å². The first-order chi connectivity index (χ1) is 17.6. The van der Waals surface area contributed by atoms with Gasteiger partial charge in [-0.05, 0) is 77.6 Å². The van der Waals surface area contributed by atoms with Gasteiger partial charge in [0.15, 0.2) is 0 Å². The van der Waals surface area contributed by atoms with Gasteiger partial charge in [-0.2, -0.15) is 0 Å². The number of likely N-dealkylation sites (N-methyl/N-ethyl adjacent to an activating group) is 1. The summed E-state index contributed by atoms with van der Waals surface area (Å²) in [5.74, 6) is -1.82. The zero-order valence-corrected chi connectivity index (χ0v) is 23.6. The van der Waals surface area contributed by atoms with E-state index in [0.29, 0.717) is 11.3 Å². The first-order valence-corrected chi connectivity index (χ1v) is 12.7. The van der Waals surface area contributed by atoms with Crippen molar-refractivity contribution in [3.8, 4) is 0 Å². The number of amides is 4. The summed E-state index contributed by atoms with van der Waals surface area (Å²) in [6.45, 7) is 14.5. The number of rotatable bonds is 9. The van der Waals surface area contributed by atoms with Gasteiger partial charge in [0.05, 0.1) is 6.42 Å². The van der Waals surface area contributed by atoms with Gasteiger partial charge in [-0.1, -0.05) is 42.0 Å². The monoisotopic (exact) mass is 524 g/mol. The first-order valence-electron chi connectivity index (χ1n) is 12.7. The van der Waals surface area contributed by atoms with Crippen molar-refractivity contribution in [3.63, 3.8) is 0 Å². The number of nitrogens with one attached hydrogen (secondary N) is 2. The van der Waals surface area contributed by atoms with E-state index in [2.05, 4.69) is 10.6 Å². The van der Waals surface area contributed by atoms with Gasteiger partial charge >= 0.3 is 6.09 Å². The number of nitrogens with two attached hydrogens (primary N) is 1. The molecule has 2 atom stereocenters. The van der Waals surface area contributed by atoms with Crippen LogP contribution in [-0.4, -0.2) is 46.9 Å². The molecule has 2 aromatic carbocycles. The molecule has 0 spiro atoms. The van der Waals surface area contributed by atoms with Crippen LogP contribution in [0.25, 0.3) is 0 Å². The van der Waals surface area contributed by atoms with E-state index in [-0.39, 0.29) is 6.54 Å². The molecule has 9 heteroatoms. The molecule has 38 heavy (non-hydrogen) atoms. The van der Waals surface area contributed by atoms with Gasteiger partial charge in [0.1, 0.15) is 17.7 Å². The second-order valence-electron chi connectivity index (χ2n) is 10.5. The van der Waals surface area contributed by atoms with Gasteiger partial charge in [0.2, 0.25) is 11.8 Å². The number of para-hydroxylation sites is 1. The molecule has 0 saturated carbocycles. The summed E-state index contributed by atoms with van der Waals surface area (Å²) in [7, 11) is 0. The average molecular weight is 525 g/mol. The maximum absolute atomic E-state index is 13.9. The number of anilines is 1. The Morgan fingerprint density at radius 1 is 0.974 bits per heavy atom. The summed E-state index contributed by atoms with van der Waals surface area (Å²) in [5, 5.41) is 5.48. The quantitative estimate of drug-likeness (QED) is 0.452. The SMILES string of the molecule is CCN(C(=O)C(CC(N)=O)NC(=O)OC(C)(C)C)C(C(=O)Nc1c(C)cccc1C)c1ccc(C)cc1C. The fraction of sp³-hybridized carbons (Fsp3) is 0.448. The van der Waals surface area contributed by atoms with E-state index in [4.69, 9.17) is 10.5 Å². The Labute approximate surface area is 225 Å². The fourth-order valence-corrected chi connectivity index (χ4v) is 4.30. The fourth-order valence-electron chi connectivity index (χ4n) is 4.30. The zero-order valence-electron chi connectivity index (χ0n) is 23.6. The third kappa shape index (κ3) is 8.06. The van der Waals surface area contributed by atoms with E-state index in [1.54, 1.807) is 27.7 Å². The molecule has 4 amide bonds. The maximum atomic E-state index is 13.9. The molecule has 4 N–H and O–H groups in total. The normalized spacial score (nSPS) is 12.7. The summed E-state index contributed by atoms with van der Waals surface area (Å²) in [4.78, 5) is 53.5. The van der Waals surface area contributed by atoms with Crippen LogP contribution in [0.2, 0.25) is 0 Å². The summed E-state index contributed by atoms with van der Waals surface area (Å²) >= 11 is 0. The molecule has 0 fully saturated rings. The number of carbonyl (C=O) groups is 4. The number of ether oxygens (including phenoxy) is 1. The second-order valence-corrected chi connectivity index (χ2v) is 10.5. The highest BCUT2D eigenvalue weighted by Gasteiger charge is 2.37. The van der Waals surface area contributed by atoms with Crippen molar-refractivity contribution in [2.24, 2.45) is 5.73 Å². The molecule has 0 aliphatic heterocycles. The molecule has 0 bridgehead atoms. The lowest BCUT2D eigenvalue weighted by atomic mass is 9.96. The van der Waals surface area contributed by atoms with E-state index >= 15 is 0 Å². The lowest BCUT2D eigenvalue weighted by molar-refractivity contribution is -0.141. The topological polar surface area (TPSA) is 131 Å². The number of nitrogens with zero attached hydrogens (tertiary/aromatic N) is 1. The smallest absolute Gasteiger partial charge is 0.408 e. The highest BCUT2D eigenvalue weighted by atomic mass is 16.6. The molecular weight excluding hydrogens is 484 g/mol. The maximum Gasteiger partial charge on any atom is 0.408 e. The minimum absolute atomic E-state index is 0.127. The second kappa shape index (κ2) is 12.6. The summed E-state index contributed by atoms with van der Waals surface area (Å²) < 4.78 is 5.29. The Morgan fingerprint density at radius 3 is 2.08 bits per heavy atom. The number of aryl methyl sites for hydroxylation is 4. The predicted octanol–water partition coefficient (Wildman–Crippen LogP) is 4.22. The van der Waals surface area contributed by atoms with Gasteiger partial charge in [0.25, 0.3) is 5.91 Å². The van der Waals surface area contributed by atoms with Crippen molar-refractivity contribution >= 4 is 29.5 Å². The van der Waals surface area contributed by atoms with Crippen molar-refractivity contribution in [2.45, 2.75) is 79.5 Å². The van der Waals surface area contributed by atoms with Gasteiger partial charge < -0.3 is 26.0 Å². The Hall–Kier alpha value is -3.88. The zero-order chi connectivity index (χ0) is 28.8. The Bertz CT molecular complexity index is 1180. The van der Waals surface area contributed by atoms with E-state index in [1.807, 2.05) is 64.1 Å². The molecular formula is C29H40N4O5. The molecule has 0 heterocycles.